The number of anilines is 1. The van der Waals surface area contributed by atoms with Gasteiger partial charge in [-0.3, -0.25) is 15.0 Å². The summed E-state index contributed by atoms with van der Waals surface area (Å²) < 4.78 is 0. The molecule has 6 nitrogen and oxygen atoms in total. The number of hydrogen-bond acceptors (Lipinski definition) is 4. The molecule has 0 radical (unpaired) electrons. The molecule has 0 aliphatic carbocycles. The second kappa shape index (κ2) is 4.60. The molecular formula is C9H7Cl2N5O. The summed E-state index contributed by atoms with van der Waals surface area (Å²) in [4.78, 5) is 11.2. The Balaban J connectivity index is 2.39. The predicted molar refractivity (Wildman–Crippen MR) is 66.5 cm³/mol. The minimum atomic E-state index is -0.454. The van der Waals surface area contributed by atoms with Gasteiger partial charge in [-0.25, -0.2) is 0 Å². The topological polar surface area (TPSA) is 99.4 Å². The second-order valence-corrected chi connectivity index (χ2v) is 3.90. The Morgan fingerprint density at radius 3 is 2.59 bits per heavy atom. The van der Waals surface area contributed by atoms with E-state index in [0.717, 1.165) is 0 Å². The molecule has 1 heterocycles. The summed E-state index contributed by atoms with van der Waals surface area (Å²) in [5.74, 6) is 0.108. The van der Waals surface area contributed by atoms with Crippen molar-refractivity contribution in [2.75, 3.05) is 5.73 Å². The molecule has 4 N–H and O–H groups in total. The molecule has 0 bridgehead atoms. The van der Waals surface area contributed by atoms with Crippen molar-refractivity contribution in [2.24, 2.45) is 10.2 Å². The zero-order valence-corrected chi connectivity index (χ0v) is 9.88. The minimum absolute atomic E-state index is 0.000965. The van der Waals surface area contributed by atoms with Gasteiger partial charge in [0.1, 0.15) is 11.5 Å². The lowest BCUT2D eigenvalue weighted by atomic mass is 10.3. The third-order valence-electron chi connectivity index (χ3n) is 1.97. The molecule has 2 rings (SSSR count). The Morgan fingerprint density at radius 2 is 1.94 bits per heavy atom. The van der Waals surface area contributed by atoms with Crippen molar-refractivity contribution in [3.05, 3.63) is 38.6 Å². The van der Waals surface area contributed by atoms with Crippen LogP contribution in [0.5, 0.6) is 0 Å². The lowest BCUT2D eigenvalue weighted by Gasteiger charge is -1.97. The summed E-state index contributed by atoms with van der Waals surface area (Å²) in [6, 6.07) is 4.92. The van der Waals surface area contributed by atoms with Crippen LogP contribution in [0.2, 0.25) is 10.0 Å². The molecule has 1 aromatic carbocycles. The van der Waals surface area contributed by atoms with Crippen LogP contribution in [-0.4, -0.2) is 10.2 Å². The first-order chi connectivity index (χ1) is 8.09. The van der Waals surface area contributed by atoms with Crippen molar-refractivity contribution in [1.82, 2.24) is 10.2 Å². The van der Waals surface area contributed by atoms with Crippen molar-refractivity contribution in [1.29, 1.82) is 0 Å². The van der Waals surface area contributed by atoms with Crippen LogP contribution in [0.1, 0.15) is 0 Å². The fourth-order valence-electron chi connectivity index (χ4n) is 1.14. The van der Waals surface area contributed by atoms with Gasteiger partial charge in [0.15, 0.2) is 5.69 Å². The number of nitrogens with one attached hydrogen (secondary N) is 2. The van der Waals surface area contributed by atoms with E-state index >= 15 is 0 Å². The molecule has 17 heavy (non-hydrogen) atoms. The third-order valence-corrected chi connectivity index (χ3v) is 2.78. The number of aromatic nitrogens is 2. The number of aromatic amines is 2. The SMILES string of the molecule is Nc1[nH][nH]c(=O)c1N=Nc1cccc(Cl)c1Cl. The summed E-state index contributed by atoms with van der Waals surface area (Å²) in [6.07, 6.45) is 0. The van der Waals surface area contributed by atoms with Crippen molar-refractivity contribution < 1.29 is 0 Å². The Hall–Kier alpha value is -1.79. The van der Waals surface area contributed by atoms with E-state index in [2.05, 4.69) is 20.4 Å². The van der Waals surface area contributed by atoms with E-state index in [4.69, 9.17) is 28.9 Å². The Bertz CT molecular complexity index is 631. The zero-order chi connectivity index (χ0) is 12.4. The second-order valence-electron chi connectivity index (χ2n) is 3.11. The Morgan fingerprint density at radius 1 is 1.18 bits per heavy atom. The van der Waals surface area contributed by atoms with E-state index in [1.54, 1.807) is 18.2 Å². The quantitative estimate of drug-likeness (QED) is 0.732. The molecule has 0 aliphatic rings. The van der Waals surface area contributed by atoms with E-state index in [9.17, 15) is 4.79 Å². The van der Waals surface area contributed by atoms with E-state index < -0.39 is 5.56 Å². The number of azo groups is 1. The highest BCUT2D eigenvalue weighted by atomic mass is 35.5. The molecule has 0 unspecified atom stereocenters. The van der Waals surface area contributed by atoms with E-state index in [1.165, 1.54) is 0 Å². The van der Waals surface area contributed by atoms with Gasteiger partial charge >= 0.3 is 0 Å². The number of nitrogen functional groups attached to an aromatic ring is 1. The van der Waals surface area contributed by atoms with Crippen molar-refractivity contribution in [3.8, 4) is 0 Å². The maximum atomic E-state index is 11.2. The summed E-state index contributed by atoms with van der Waals surface area (Å²) in [7, 11) is 0. The first-order valence-corrected chi connectivity index (χ1v) is 5.27. The van der Waals surface area contributed by atoms with Gasteiger partial charge < -0.3 is 5.73 Å². The van der Waals surface area contributed by atoms with Gasteiger partial charge in [0, 0.05) is 0 Å². The number of rotatable bonds is 2. The van der Waals surface area contributed by atoms with Gasteiger partial charge in [-0.2, -0.15) is 0 Å². The van der Waals surface area contributed by atoms with Crippen LogP contribution in [0.15, 0.2) is 33.2 Å². The van der Waals surface area contributed by atoms with E-state index in [-0.39, 0.29) is 16.5 Å². The van der Waals surface area contributed by atoms with Gasteiger partial charge in [0.25, 0.3) is 5.56 Å². The van der Waals surface area contributed by atoms with Gasteiger partial charge in [-0.05, 0) is 12.1 Å². The highest BCUT2D eigenvalue weighted by molar-refractivity contribution is 6.43. The molecule has 0 atom stereocenters. The van der Waals surface area contributed by atoms with Crippen LogP contribution in [0.4, 0.5) is 17.2 Å². The standard InChI is InChI=1S/C9H7Cl2N5O/c10-4-2-1-3-5(6(4)11)13-14-7-8(12)15-16-9(7)17/h1-3H,(H4,12,15,16,17). The normalized spacial score (nSPS) is 11.2. The van der Waals surface area contributed by atoms with Gasteiger partial charge in [-0.15, -0.1) is 10.2 Å². The lowest BCUT2D eigenvalue weighted by Crippen LogP contribution is -1.96. The third kappa shape index (κ3) is 2.32. The summed E-state index contributed by atoms with van der Waals surface area (Å²) in [6.45, 7) is 0. The van der Waals surface area contributed by atoms with Crippen molar-refractivity contribution >= 4 is 40.4 Å². The molecule has 8 heteroatoms. The lowest BCUT2D eigenvalue weighted by molar-refractivity contribution is 1.06. The maximum Gasteiger partial charge on any atom is 0.293 e. The fourth-order valence-corrected chi connectivity index (χ4v) is 1.47. The van der Waals surface area contributed by atoms with Crippen LogP contribution in [0, 0.1) is 0 Å². The van der Waals surface area contributed by atoms with Crippen LogP contribution in [0.3, 0.4) is 0 Å². The molecule has 0 saturated carbocycles. The molecular weight excluding hydrogens is 265 g/mol. The average Bonchev–Trinajstić information content (AvgIpc) is 2.62. The predicted octanol–water partition coefficient (Wildman–Crippen LogP) is 3.01. The largest absolute Gasteiger partial charge is 0.382 e. The first kappa shape index (κ1) is 11.7. The van der Waals surface area contributed by atoms with Crippen LogP contribution in [0.25, 0.3) is 0 Å². The molecule has 88 valence electrons. The molecule has 0 spiro atoms. The number of H-pyrrole nitrogens is 2. The minimum Gasteiger partial charge on any atom is -0.382 e. The average molecular weight is 272 g/mol. The molecule has 0 amide bonds. The van der Waals surface area contributed by atoms with Gasteiger partial charge in [-0.1, -0.05) is 29.3 Å². The maximum absolute atomic E-state index is 11.2. The molecule has 1 aromatic heterocycles. The zero-order valence-electron chi connectivity index (χ0n) is 8.37. The van der Waals surface area contributed by atoms with Crippen molar-refractivity contribution in [3.63, 3.8) is 0 Å². The molecule has 0 saturated heterocycles. The van der Waals surface area contributed by atoms with Crippen LogP contribution in [-0.2, 0) is 0 Å². The summed E-state index contributed by atoms with van der Waals surface area (Å²) in [5.41, 5.74) is 5.38. The van der Waals surface area contributed by atoms with Crippen LogP contribution >= 0.6 is 23.2 Å². The highest BCUT2D eigenvalue weighted by Gasteiger charge is 2.07. The Kier molecular flexibility index (Phi) is 3.16. The summed E-state index contributed by atoms with van der Waals surface area (Å²) in [5, 5.41) is 12.9. The molecule has 0 aliphatic heterocycles. The van der Waals surface area contributed by atoms with E-state index in [0.29, 0.717) is 10.7 Å². The van der Waals surface area contributed by atoms with Gasteiger partial charge in [0.2, 0.25) is 0 Å². The fraction of sp³-hybridized carbons (Fsp3) is 0. The summed E-state index contributed by atoms with van der Waals surface area (Å²) >= 11 is 11.7. The molecule has 0 fully saturated rings. The first-order valence-electron chi connectivity index (χ1n) is 4.51. The van der Waals surface area contributed by atoms with Crippen LogP contribution < -0.4 is 11.3 Å². The number of nitrogens with two attached hydrogens (primary N) is 1. The number of hydrogen-bond donors (Lipinski definition) is 3. The van der Waals surface area contributed by atoms with Gasteiger partial charge in [0.05, 0.1) is 10.0 Å². The smallest absolute Gasteiger partial charge is 0.293 e. The number of nitrogens with zero attached hydrogens (tertiary/aromatic N) is 2. The van der Waals surface area contributed by atoms with E-state index in [1.807, 2.05) is 0 Å². The number of benzene rings is 1. The highest BCUT2D eigenvalue weighted by Crippen LogP contribution is 2.32. The molecule has 2 aromatic rings. The van der Waals surface area contributed by atoms with Crippen molar-refractivity contribution in [2.45, 2.75) is 0 Å². The Labute approximate surface area is 105 Å². The number of halogens is 2. The monoisotopic (exact) mass is 271 g/mol.